The van der Waals surface area contributed by atoms with Crippen molar-refractivity contribution in [1.29, 1.82) is 0 Å². The van der Waals surface area contributed by atoms with Gasteiger partial charge < -0.3 is 14.6 Å². The minimum Gasteiger partial charge on any atom is -0.493 e. The summed E-state index contributed by atoms with van der Waals surface area (Å²) in [5.74, 6) is -0.151. The number of ether oxygens (including phenoxy) is 2. The number of rotatable bonds is 10. The second kappa shape index (κ2) is 10.1. The predicted octanol–water partition coefficient (Wildman–Crippen LogP) is 4.06. The zero-order valence-electron chi connectivity index (χ0n) is 14.6. The Hall–Kier alpha value is -1.98. The molecule has 2 aromatic rings. The second-order valence-electron chi connectivity index (χ2n) is 5.58. The van der Waals surface area contributed by atoms with Crippen LogP contribution in [0.5, 0.6) is 5.75 Å². The van der Waals surface area contributed by atoms with Crippen molar-refractivity contribution in [2.45, 2.75) is 30.8 Å². The van der Waals surface area contributed by atoms with Gasteiger partial charge in [-0.05, 0) is 48.6 Å². The van der Waals surface area contributed by atoms with Crippen LogP contribution < -0.4 is 4.74 Å². The van der Waals surface area contributed by atoms with Crippen LogP contribution in [0.4, 0.5) is 0 Å². The third-order valence-electron chi connectivity index (χ3n) is 3.81. The maximum atomic E-state index is 11.1. The maximum absolute atomic E-state index is 11.1. The molecule has 4 nitrogen and oxygen atoms in total. The van der Waals surface area contributed by atoms with Crippen molar-refractivity contribution in [3.63, 3.8) is 0 Å². The summed E-state index contributed by atoms with van der Waals surface area (Å²) in [5.41, 5.74) is 2.16. The number of aliphatic carboxylic acids is 1. The van der Waals surface area contributed by atoms with E-state index in [2.05, 4.69) is 30.5 Å². The van der Waals surface area contributed by atoms with Gasteiger partial charge >= 0.3 is 5.97 Å². The van der Waals surface area contributed by atoms with E-state index in [1.54, 1.807) is 18.7 Å². The molecule has 134 valence electrons. The molecule has 1 atom stereocenters. The fourth-order valence-corrected chi connectivity index (χ4v) is 2.84. The van der Waals surface area contributed by atoms with Crippen LogP contribution in [-0.4, -0.2) is 36.6 Å². The van der Waals surface area contributed by atoms with Crippen LogP contribution in [0.1, 0.15) is 18.1 Å². The number of hydrogen-bond donors (Lipinski definition) is 1. The van der Waals surface area contributed by atoms with E-state index >= 15 is 0 Å². The average molecular weight is 360 g/mol. The first kappa shape index (κ1) is 19.3. The number of hydrogen-bond acceptors (Lipinski definition) is 4. The van der Waals surface area contributed by atoms with Gasteiger partial charge in [0.2, 0.25) is 0 Å². The van der Waals surface area contributed by atoms with Gasteiger partial charge in [0.1, 0.15) is 5.75 Å². The molecule has 2 rings (SSSR count). The smallest absolute Gasteiger partial charge is 0.333 e. The molecule has 1 N–H and O–H groups in total. The Kier molecular flexibility index (Phi) is 7.82. The molecule has 2 aromatic carbocycles. The quantitative estimate of drug-likeness (QED) is 0.648. The SMILES string of the molecule is CCOC(Cc1ccc(OCCc2ccc(SC)cc2)cc1)C(=O)O. The van der Waals surface area contributed by atoms with E-state index < -0.39 is 12.1 Å². The predicted molar refractivity (Wildman–Crippen MR) is 101 cm³/mol. The molecule has 0 heterocycles. The standard InChI is InChI=1S/C20H24O4S/c1-3-23-19(20(21)22)14-16-4-8-17(9-5-16)24-13-12-15-6-10-18(25-2)11-7-15/h4-11,19H,3,12-14H2,1-2H3,(H,21,22). The molecular weight excluding hydrogens is 336 g/mol. The summed E-state index contributed by atoms with van der Waals surface area (Å²) < 4.78 is 11.0. The van der Waals surface area contributed by atoms with E-state index in [0.717, 1.165) is 17.7 Å². The van der Waals surface area contributed by atoms with E-state index in [0.29, 0.717) is 19.6 Å². The summed E-state index contributed by atoms with van der Waals surface area (Å²) in [6.07, 6.45) is 2.46. The summed E-state index contributed by atoms with van der Waals surface area (Å²) >= 11 is 1.73. The van der Waals surface area contributed by atoms with E-state index in [1.807, 2.05) is 24.3 Å². The van der Waals surface area contributed by atoms with E-state index in [9.17, 15) is 4.79 Å². The van der Waals surface area contributed by atoms with Gasteiger partial charge in [0.15, 0.2) is 6.10 Å². The van der Waals surface area contributed by atoms with Crippen molar-refractivity contribution in [2.75, 3.05) is 19.5 Å². The summed E-state index contributed by atoms with van der Waals surface area (Å²) in [7, 11) is 0. The topological polar surface area (TPSA) is 55.8 Å². The van der Waals surface area contributed by atoms with Crippen molar-refractivity contribution in [2.24, 2.45) is 0 Å². The van der Waals surface area contributed by atoms with Crippen LogP contribution in [-0.2, 0) is 22.4 Å². The summed E-state index contributed by atoms with van der Waals surface area (Å²) in [6.45, 7) is 2.78. The molecule has 0 fully saturated rings. The molecule has 0 spiro atoms. The van der Waals surface area contributed by atoms with Crippen LogP contribution in [0.3, 0.4) is 0 Å². The summed E-state index contributed by atoms with van der Waals surface area (Å²) in [6, 6.07) is 16.0. The molecule has 0 aliphatic carbocycles. The van der Waals surface area contributed by atoms with Crippen LogP contribution in [0, 0.1) is 0 Å². The highest BCUT2D eigenvalue weighted by atomic mass is 32.2. The first-order valence-corrected chi connectivity index (χ1v) is 9.54. The van der Waals surface area contributed by atoms with Crippen molar-refractivity contribution >= 4 is 17.7 Å². The van der Waals surface area contributed by atoms with Gasteiger partial charge in [0, 0.05) is 24.3 Å². The van der Waals surface area contributed by atoms with Gasteiger partial charge in [0.25, 0.3) is 0 Å². The van der Waals surface area contributed by atoms with E-state index in [4.69, 9.17) is 14.6 Å². The highest BCUT2D eigenvalue weighted by Crippen LogP contribution is 2.17. The fraction of sp³-hybridized carbons (Fsp3) is 0.350. The van der Waals surface area contributed by atoms with Crippen molar-refractivity contribution in [3.05, 3.63) is 59.7 Å². The molecular formula is C20H24O4S. The zero-order valence-corrected chi connectivity index (χ0v) is 15.4. The Balaban J connectivity index is 1.82. The Morgan fingerprint density at radius 2 is 1.72 bits per heavy atom. The van der Waals surface area contributed by atoms with Gasteiger partial charge in [-0.1, -0.05) is 24.3 Å². The number of thioether (sulfide) groups is 1. The highest BCUT2D eigenvalue weighted by molar-refractivity contribution is 7.98. The molecule has 0 saturated carbocycles. The summed E-state index contributed by atoms with van der Waals surface area (Å²) in [5, 5.41) is 9.13. The summed E-state index contributed by atoms with van der Waals surface area (Å²) in [4.78, 5) is 12.4. The molecule has 0 saturated heterocycles. The number of benzene rings is 2. The normalized spacial score (nSPS) is 11.9. The number of carboxylic acids is 1. The van der Waals surface area contributed by atoms with E-state index in [1.165, 1.54) is 10.5 Å². The minimum atomic E-state index is -0.935. The Labute approximate surface area is 153 Å². The number of carbonyl (C=O) groups is 1. The van der Waals surface area contributed by atoms with Crippen LogP contribution in [0.2, 0.25) is 0 Å². The van der Waals surface area contributed by atoms with Gasteiger partial charge in [0.05, 0.1) is 6.61 Å². The lowest BCUT2D eigenvalue weighted by molar-refractivity contribution is -0.149. The molecule has 0 aliphatic heterocycles. The first-order valence-electron chi connectivity index (χ1n) is 8.31. The van der Waals surface area contributed by atoms with Crippen LogP contribution in [0.15, 0.2) is 53.4 Å². The lowest BCUT2D eigenvalue weighted by Crippen LogP contribution is -2.26. The highest BCUT2D eigenvalue weighted by Gasteiger charge is 2.17. The molecule has 0 bridgehead atoms. The maximum Gasteiger partial charge on any atom is 0.333 e. The minimum absolute atomic E-state index is 0.352. The van der Waals surface area contributed by atoms with Crippen LogP contribution in [0.25, 0.3) is 0 Å². The molecule has 25 heavy (non-hydrogen) atoms. The Bertz CT molecular complexity index is 652. The van der Waals surface area contributed by atoms with Gasteiger partial charge in [-0.25, -0.2) is 4.79 Å². The molecule has 0 aliphatic rings. The van der Waals surface area contributed by atoms with Crippen LogP contribution >= 0.6 is 11.8 Å². The van der Waals surface area contributed by atoms with Gasteiger partial charge in [-0.2, -0.15) is 0 Å². The monoisotopic (exact) mass is 360 g/mol. The molecule has 0 aromatic heterocycles. The first-order chi connectivity index (χ1) is 12.1. The molecule has 0 radical (unpaired) electrons. The van der Waals surface area contributed by atoms with Gasteiger partial charge in [-0.3, -0.25) is 0 Å². The molecule has 1 unspecified atom stereocenters. The zero-order chi connectivity index (χ0) is 18.1. The third-order valence-corrected chi connectivity index (χ3v) is 4.55. The molecule has 0 amide bonds. The fourth-order valence-electron chi connectivity index (χ4n) is 2.43. The van der Waals surface area contributed by atoms with Gasteiger partial charge in [-0.15, -0.1) is 11.8 Å². The number of carboxylic acid groups (broad SMARTS) is 1. The lowest BCUT2D eigenvalue weighted by atomic mass is 10.1. The van der Waals surface area contributed by atoms with Crippen molar-refractivity contribution < 1.29 is 19.4 Å². The Morgan fingerprint density at radius 1 is 1.08 bits per heavy atom. The second-order valence-corrected chi connectivity index (χ2v) is 6.46. The molecule has 5 heteroatoms. The van der Waals surface area contributed by atoms with Crippen molar-refractivity contribution in [1.82, 2.24) is 0 Å². The Morgan fingerprint density at radius 3 is 2.28 bits per heavy atom. The third kappa shape index (κ3) is 6.44. The average Bonchev–Trinajstić information content (AvgIpc) is 2.63. The van der Waals surface area contributed by atoms with E-state index in [-0.39, 0.29) is 0 Å². The van der Waals surface area contributed by atoms with Crippen molar-refractivity contribution in [3.8, 4) is 5.75 Å². The largest absolute Gasteiger partial charge is 0.493 e. The lowest BCUT2D eigenvalue weighted by Gasteiger charge is -2.13.